The van der Waals surface area contributed by atoms with E-state index >= 15 is 0 Å². The van der Waals surface area contributed by atoms with E-state index in [1.165, 1.54) is 0 Å². The summed E-state index contributed by atoms with van der Waals surface area (Å²) in [4.78, 5) is 50.0. The van der Waals surface area contributed by atoms with E-state index < -0.39 is 32.9 Å². The highest BCUT2D eigenvalue weighted by Crippen LogP contribution is 2.66. The Kier molecular flexibility index (Phi) is 9.78. The summed E-state index contributed by atoms with van der Waals surface area (Å²) >= 11 is 1.64. The van der Waals surface area contributed by atoms with Gasteiger partial charge in [-0.3, -0.25) is 14.4 Å². The Morgan fingerprint density at radius 3 is 2.22 bits per heavy atom. The van der Waals surface area contributed by atoms with Crippen LogP contribution in [0.5, 0.6) is 5.75 Å². The number of benzene rings is 1. The predicted molar refractivity (Wildman–Crippen MR) is 185 cm³/mol. The number of aliphatic hydroxyl groups is 1. The number of carbonyl (C=O) groups excluding carboxylic acids is 3. The van der Waals surface area contributed by atoms with Crippen molar-refractivity contribution in [3.8, 4) is 5.75 Å². The summed E-state index contributed by atoms with van der Waals surface area (Å²) in [5, 5.41) is 9.28. The van der Waals surface area contributed by atoms with Crippen molar-refractivity contribution in [3.05, 3.63) is 48.6 Å². The molecule has 0 bridgehead atoms. The molecule has 4 heterocycles. The Morgan fingerprint density at radius 1 is 0.891 bits per heavy atom. The maximum Gasteiger partial charge on any atom is 0.247 e. The minimum atomic E-state index is -0.868. The van der Waals surface area contributed by atoms with Crippen molar-refractivity contribution in [1.29, 1.82) is 0 Å². The molecule has 1 spiro atoms. The van der Waals surface area contributed by atoms with E-state index in [-0.39, 0.29) is 29.7 Å². The molecule has 46 heavy (non-hydrogen) atoms. The maximum absolute atomic E-state index is 14.9. The smallest absolute Gasteiger partial charge is 0.247 e. The number of likely N-dealkylation sites (tertiary alicyclic amines) is 1. The minimum absolute atomic E-state index is 0.00221. The number of anilines is 1. The first-order valence-corrected chi connectivity index (χ1v) is 17.8. The molecule has 252 valence electrons. The van der Waals surface area contributed by atoms with E-state index in [9.17, 15) is 19.5 Å². The summed E-state index contributed by atoms with van der Waals surface area (Å²) in [6.45, 7) is 16.9. The SMILES string of the molecule is CCOc1ccc(N2CC=C[C@]3(C)S[C@]45C=CCN(C(C)(C)CC(C)(C)C)C(=O)C4N(CCCCCCO)C(=O)[C@@H]5[C@@H]3C2=O)cc1. The number of nitrogens with zero attached hydrogens (tertiary/aromatic N) is 3. The van der Waals surface area contributed by atoms with Crippen molar-refractivity contribution in [1.82, 2.24) is 9.80 Å². The molecule has 4 aliphatic rings. The lowest BCUT2D eigenvalue weighted by Crippen LogP contribution is -2.58. The van der Waals surface area contributed by atoms with Crippen molar-refractivity contribution in [2.45, 2.75) is 102 Å². The molecule has 1 aromatic rings. The van der Waals surface area contributed by atoms with Crippen LogP contribution >= 0.6 is 11.8 Å². The van der Waals surface area contributed by atoms with E-state index in [4.69, 9.17) is 4.74 Å². The second kappa shape index (κ2) is 13.0. The van der Waals surface area contributed by atoms with Crippen molar-refractivity contribution in [3.63, 3.8) is 0 Å². The van der Waals surface area contributed by atoms with E-state index in [1.807, 2.05) is 47.1 Å². The molecule has 2 fully saturated rings. The van der Waals surface area contributed by atoms with Crippen LogP contribution in [0.25, 0.3) is 0 Å². The molecule has 5 rings (SSSR count). The lowest BCUT2D eigenvalue weighted by atomic mass is 9.74. The van der Waals surface area contributed by atoms with Gasteiger partial charge in [0.2, 0.25) is 17.7 Å². The maximum atomic E-state index is 14.9. The monoisotopic (exact) mass is 651 g/mol. The first kappa shape index (κ1) is 34.6. The third kappa shape index (κ3) is 6.26. The fraction of sp³-hybridized carbons (Fsp3) is 0.649. The molecule has 8 nitrogen and oxygen atoms in total. The summed E-state index contributed by atoms with van der Waals surface area (Å²) in [7, 11) is 0. The van der Waals surface area contributed by atoms with Crippen molar-refractivity contribution in [2.24, 2.45) is 17.3 Å². The van der Waals surface area contributed by atoms with Crippen LogP contribution in [-0.2, 0) is 14.4 Å². The highest BCUT2D eigenvalue weighted by Gasteiger charge is 2.74. The molecule has 9 heteroatoms. The third-order valence-corrected chi connectivity index (χ3v) is 11.8. The van der Waals surface area contributed by atoms with Gasteiger partial charge in [-0.15, -0.1) is 11.8 Å². The number of hydrogen-bond acceptors (Lipinski definition) is 6. The van der Waals surface area contributed by atoms with Crippen LogP contribution < -0.4 is 9.64 Å². The number of hydrogen-bond donors (Lipinski definition) is 1. The highest BCUT2D eigenvalue weighted by molar-refractivity contribution is 8.02. The Balaban J connectivity index is 1.55. The summed E-state index contributed by atoms with van der Waals surface area (Å²) in [6.07, 6.45) is 12.3. The zero-order valence-corrected chi connectivity index (χ0v) is 29.6. The van der Waals surface area contributed by atoms with Gasteiger partial charge in [0.15, 0.2) is 0 Å². The number of carbonyl (C=O) groups is 3. The van der Waals surface area contributed by atoms with Crippen LogP contribution in [0.3, 0.4) is 0 Å². The number of ether oxygens (including phenoxy) is 1. The number of thioether (sulfide) groups is 1. The molecule has 0 radical (unpaired) electrons. The van der Waals surface area contributed by atoms with Crippen LogP contribution in [0, 0.1) is 17.3 Å². The zero-order chi connectivity index (χ0) is 33.5. The highest BCUT2D eigenvalue weighted by atomic mass is 32.2. The summed E-state index contributed by atoms with van der Waals surface area (Å²) in [5.74, 6) is -0.776. The van der Waals surface area contributed by atoms with Gasteiger partial charge in [0.05, 0.1) is 23.2 Å². The third-order valence-electron chi connectivity index (χ3n) is 10.0. The average molecular weight is 652 g/mol. The van der Waals surface area contributed by atoms with Crippen LogP contribution in [-0.4, -0.2) is 86.6 Å². The molecule has 2 saturated heterocycles. The quantitative estimate of drug-likeness (QED) is 0.239. The molecule has 1 unspecified atom stereocenters. The molecular weight excluding hydrogens is 598 g/mol. The van der Waals surface area contributed by atoms with E-state index in [2.05, 4.69) is 59.8 Å². The van der Waals surface area contributed by atoms with E-state index in [1.54, 1.807) is 16.7 Å². The molecule has 0 saturated carbocycles. The van der Waals surface area contributed by atoms with Gasteiger partial charge < -0.3 is 24.5 Å². The molecule has 3 amide bonds. The number of fused-ring (bicyclic) bond motifs is 2. The van der Waals surface area contributed by atoms with Crippen LogP contribution in [0.15, 0.2) is 48.6 Å². The van der Waals surface area contributed by atoms with Gasteiger partial charge in [0.25, 0.3) is 0 Å². The second-order valence-electron chi connectivity index (χ2n) is 15.3. The van der Waals surface area contributed by atoms with Gasteiger partial charge in [-0.2, -0.15) is 0 Å². The standard InChI is InChI=1S/C37H53N3O5S/c1-8-45-27-17-15-26(16-18-27)38-22-13-19-36(7)28(31(38)42)29-32(43)39(21-11-9-10-12-24-41)30-33(44)40(23-14-20-37(29,30)46-36)35(5,6)25-34(2,3)4/h13-20,28-30,41H,8-12,21-25H2,1-7H3/t28-,29+,30?,36+,37+/m1/s1. The topological polar surface area (TPSA) is 90.4 Å². The van der Waals surface area contributed by atoms with Gasteiger partial charge in [-0.05, 0) is 76.6 Å². The normalized spacial score (nSPS) is 29.5. The average Bonchev–Trinajstić information content (AvgIpc) is 3.22. The number of rotatable bonds is 11. The Hall–Kier alpha value is -2.78. The Labute approximate surface area is 279 Å². The van der Waals surface area contributed by atoms with Crippen molar-refractivity contribution in [2.75, 3.05) is 37.7 Å². The first-order chi connectivity index (χ1) is 21.7. The van der Waals surface area contributed by atoms with Crippen molar-refractivity contribution < 1.29 is 24.2 Å². The van der Waals surface area contributed by atoms with Crippen LogP contribution in [0.2, 0.25) is 0 Å². The second-order valence-corrected chi connectivity index (χ2v) is 17.1. The van der Waals surface area contributed by atoms with Gasteiger partial charge in [0.1, 0.15) is 11.8 Å². The van der Waals surface area contributed by atoms with Crippen LogP contribution in [0.1, 0.15) is 80.6 Å². The molecule has 0 aromatic heterocycles. The van der Waals surface area contributed by atoms with Crippen LogP contribution in [0.4, 0.5) is 5.69 Å². The van der Waals surface area contributed by atoms with Gasteiger partial charge in [-0.25, -0.2) is 0 Å². The van der Waals surface area contributed by atoms with Gasteiger partial charge in [-0.1, -0.05) is 57.9 Å². The fourth-order valence-electron chi connectivity index (χ4n) is 8.57. The first-order valence-electron chi connectivity index (χ1n) is 17.0. The largest absolute Gasteiger partial charge is 0.494 e. The molecular formula is C37H53N3O5S. The van der Waals surface area contributed by atoms with Crippen molar-refractivity contribution >= 4 is 35.2 Å². The molecule has 1 aromatic carbocycles. The minimum Gasteiger partial charge on any atom is -0.494 e. The molecule has 1 N–H and O–H groups in total. The number of aliphatic hydroxyl groups excluding tert-OH is 1. The zero-order valence-electron chi connectivity index (χ0n) is 28.8. The lowest BCUT2D eigenvalue weighted by molar-refractivity contribution is -0.146. The van der Waals surface area contributed by atoms with E-state index in [0.717, 1.165) is 43.5 Å². The Bertz CT molecular complexity index is 1370. The molecule has 4 aliphatic heterocycles. The molecule has 5 atom stereocenters. The summed E-state index contributed by atoms with van der Waals surface area (Å²) in [6, 6.07) is 6.86. The predicted octanol–water partition coefficient (Wildman–Crippen LogP) is 5.84. The van der Waals surface area contributed by atoms with E-state index in [0.29, 0.717) is 26.2 Å². The number of unbranched alkanes of at least 4 members (excludes halogenated alkanes) is 3. The lowest BCUT2D eigenvalue weighted by Gasteiger charge is -2.44. The molecule has 0 aliphatic carbocycles. The summed E-state index contributed by atoms with van der Waals surface area (Å²) < 4.78 is 4.10. The fourth-order valence-corrected chi connectivity index (χ4v) is 10.7. The number of amides is 3. The van der Waals surface area contributed by atoms with Gasteiger partial charge >= 0.3 is 0 Å². The van der Waals surface area contributed by atoms with Gasteiger partial charge in [0, 0.05) is 42.2 Å². The summed E-state index contributed by atoms with van der Waals surface area (Å²) in [5.41, 5.74) is 0.331. The Morgan fingerprint density at radius 2 is 1.57 bits per heavy atom.